The summed E-state index contributed by atoms with van der Waals surface area (Å²) in [5.74, 6) is -0.268. The summed E-state index contributed by atoms with van der Waals surface area (Å²) in [5, 5.41) is 0. The lowest BCUT2D eigenvalue weighted by atomic mass is 9.93. The van der Waals surface area contributed by atoms with E-state index in [2.05, 4.69) is 0 Å². The fraction of sp³-hybridized carbons (Fsp3) is 0.389. The maximum Gasteiger partial charge on any atom is 0.263 e. The van der Waals surface area contributed by atoms with E-state index in [1.807, 2.05) is 26.8 Å². The van der Waals surface area contributed by atoms with Gasteiger partial charge < -0.3 is 10.6 Å². The Hall–Kier alpha value is -1.72. The molecule has 124 valence electrons. The molecule has 0 saturated carbocycles. The van der Waals surface area contributed by atoms with Gasteiger partial charge >= 0.3 is 0 Å². The van der Waals surface area contributed by atoms with Gasteiger partial charge in [-0.15, -0.1) is 11.3 Å². The van der Waals surface area contributed by atoms with Crippen LogP contribution in [0.25, 0.3) is 10.4 Å². The predicted octanol–water partition coefficient (Wildman–Crippen LogP) is 3.92. The second-order valence-corrected chi connectivity index (χ2v) is 7.71. The van der Waals surface area contributed by atoms with E-state index in [0.29, 0.717) is 18.0 Å². The number of thiophene rings is 1. The minimum Gasteiger partial charge on any atom is -0.340 e. The molecule has 0 fully saturated rings. The maximum absolute atomic E-state index is 13.1. The van der Waals surface area contributed by atoms with Gasteiger partial charge in [-0.2, -0.15) is 0 Å². The van der Waals surface area contributed by atoms with E-state index in [0.717, 1.165) is 16.0 Å². The predicted molar refractivity (Wildman–Crippen MR) is 94.2 cm³/mol. The number of aryl methyl sites for hydroxylation is 1. The van der Waals surface area contributed by atoms with E-state index in [4.69, 9.17) is 5.73 Å². The van der Waals surface area contributed by atoms with Crippen LogP contribution in [0.4, 0.5) is 4.39 Å². The number of hydrogen-bond acceptors (Lipinski definition) is 3. The van der Waals surface area contributed by atoms with Gasteiger partial charge in [-0.3, -0.25) is 4.79 Å². The Morgan fingerprint density at radius 3 is 2.48 bits per heavy atom. The second-order valence-electron chi connectivity index (χ2n) is 6.66. The Bertz CT molecular complexity index is 692. The molecule has 0 saturated heterocycles. The minimum atomic E-state index is -0.261. The fourth-order valence-electron chi connectivity index (χ4n) is 2.44. The zero-order chi connectivity index (χ0) is 17.2. The van der Waals surface area contributed by atoms with Crippen LogP contribution in [0.5, 0.6) is 0 Å². The molecule has 5 heteroatoms. The molecule has 0 aliphatic heterocycles. The number of halogens is 1. The average Bonchev–Trinajstić information content (AvgIpc) is 2.88. The first-order valence-electron chi connectivity index (χ1n) is 7.55. The van der Waals surface area contributed by atoms with Gasteiger partial charge in [-0.05, 0) is 48.2 Å². The highest BCUT2D eigenvalue weighted by Crippen LogP contribution is 2.33. The van der Waals surface area contributed by atoms with E-state index >= 15 is 0 Å². The fourth-order valence-corrected chi connectivity index (χ4v) is 3.61. The second kappa shape index (κ2) is 6.81. The first-order valence-corrected chi connectivity index (χ1v) is 8.37. The third-order valence-corrected chi connectivity index (χ3v) is 5.07. The molecule has 0 spiro atoms. The van der Waals surface area contributed by atoms with E-state index in [-0.39, 0.29) is 17.1 Å². The molecule has 23 heavy (non-hydrogen) atoms. The topological polar surface area (TPSA) is 46.3 Å². The molecule has 0 bridgehead atoms. The van der Waals surface area contributed by atoms with Crippen LogP contribution < -0.4 is 5.73 Å². The van der Waals surface area contributed by atoms with Crippen molar-refractivity contribution in [2.45, 2.75) is 20.8 Å². The zero-order valence-corrected chi connectivity index (χ0v) is 14.8. The Morgan fingerprint density at radius 1 is 1.30 bits per heavy atom. The number of carbonyl (C=O) groups excluding carboxylic acids is 1. The molecular formula is C18H23FN2OS. The number of nitrogens with zero attached hydrogens (tertiary/aromatic N) is 1. The molecule has 2 aromatic rings. The lowest BCUT2D eigenvalue weighted by Crippen LogP contribution is -2.39. The zero-order valence-electron chi connectivity index (χ0n) is 14.0. The van der Waals surface area contributed by atoms with Gasteiger partial charge in [0, 0.05) is 18.5 Å². The van der Waals surface area contributed by atoms with Crippen LogP contribution in [0.15, 0.2) is 30.3 Å². The molecular weight excluding hydrogens is 311 g/mol. The van der Waals surface area contributed by atoms with Crippen molar-refractivity contribution in [2.24, 2.45) is 11.1 Å². The maximum atomic E-state index is 13.1. The van der Waals surface area contributed by atoms with Crippen molar-refractivity contribution in [1.29, 1.82) is 0 Å². The number of carbonyl (C=O) groups is 1. The Balaban J connectivity index is 2.23. The molecule has 2 N–H and O–H groups in total. The molecule has 3 nitrogen and oxygen atoms in total. The first-order chi connectivity index (χ1) is 10.7. The molecule has 0 radical (unpaired) electrons. The Kier molecular flexibility index (Phi) is 5.22. The van der Waals surface area contributed by atoms with Crippen LogP contribution in [0.1, 0.15) is 29.1 Å². The van der Waals surface area contributed by atoms with Gasteiger partial charge in [0.15, 0.2) is 0 Å². The summed E-state index contributed by atoms with van der Waals surface area (Å²) in [7, 11) is 1.80. The number of hydrogen-bond donors (Lipinski definition) is 1. The highest BCUT2D eigenvalue weighted by atomic mass is 32.1. The largest absolute Gasteiger partial charge is 0.340 e. The van der Waals surface area contributed by atoms with Crippen molar-refractivity contribution in [2.75, 3.05) is 20.1 Å². The summed E-state index contributed by atoms with van der Waals surface area (Å²) in [6, 6.07) is 8.25. The molecule has 0 aliphatic rings. The van der Waals surface area contributed by atoms with Crippen LogP contribution in [0.3, 0.4) is 0 Å². The van der Waals surface area contributed by atoms with Crippen molar-refractivity contribution in [3.8, 4) is 10.4 Å². The van der Waals surface area contributed by atoms with Gasteiger partial charge in [0.25, 0.3) is 5.91 Å². The third-order valence-electron chi connectivity index (χ3n) is 3.80. The number of benzene rings is 1. The van der Waals surface area contributed by atoms with Crippen molar-refractivity contribution < 1.29 is 9.18 Å². The van der Waals surface area contributed by atoms with Gasteiger partial charge in [-0.1, -0.05) is 26.0 Å². The number of amides is 1. The van der Waals surface area contributed by atoms with Crippen LogP contribution in [0, 0.1) is 18.2 Å². The van der Waals surface area contributed by atoms with Crippen molar-refractivity contribution in [3.05, 3.63) is 46.6 Å². The molecule has 2 rings (SSSR count). The molecule has 0 unspecified atom stereocenters. The standard InChI is InChI=1S/C18H23FN2OS/c1-12-9-15(17(22)21(4)11-18(2,3)10-20)23-16(12)13-5-7-14(19)8-6-13/h5-9H,10-11,20H2,1-4H3. The van der Waals surface area contributed by atoms with Crippen molar-refractivity contribution in [1.82, 2.24) is 4.90 Å². The van der Waals surface area contributed by atoms with E-state index in [1.165, 1.54) is 23.5 Å². The van der Waals surface area contributed by atoms with E-state index < -0.39 is 0 Å². The van der Waals surface area contributed by atoms with Gasteiger partial charge in [0.2, 0.25) is 0 Å². The summed E-state index contributed by atoms with van der Waals surface area (Å²) in [6.07, 6.45) is 0. The quantitative estimate of drug-likeness (QED) is 0.901. The van der Waals surface area contributed by atoms with Crippen LogP contribution in [0.2, 0.25) is 0 Å². The summed E-state index contributed by atoms with van der Waals surface area (Å²) in [4.78, 5) is 16.0. The summed E-state index contributed by atoms with van der Waals surface area (Å²) < 4.78 is 13.1. The summed E-state index contributed by atoms with van der Waals surface area (Å²) in [6.45, 7) is 7.18. The van der Waals surface area contributed by atoms with Crippen LogP contribution in [-0.4, -0.2) is 30.9 Å². The SMILES string of the molecule is Cc1cc(C(=O)N(C)CC(C)(C)CN)sc1-c1ccc(F)cc1. The smallest absolute Gasteiger partial charge is 0.263 e. The monoisotopic (exact) mass is 334 g/mol. The molecule has 1 heterocycles. The molecule has 0 atom stereocenters. The lowest BCUT2D eigenvalue weighted by Gasteiger charge is -2.28. The van der Waals surface area contributed by atoms with E-state index in [1.54, 1.807) is 24.1 Å². The highest BCUT2D eigenvalue weighted by Gasteiger charge is 2.23. The summed E-state index contributed by atoms with van der Waals surface area (Å²) in [5.41, 5.74) is 7.58. The minimum absolute atomic E-state index is 0.00649. The van der Waals surface area contributed by atoms with Crippen molar-refractivity contribution >= 4 is 17.2 Å². The Morgan fingerprint density at radius 2 is 1.91 bits per heavy atom. The third kappa shape index (κ3) is 4.18. The Labute approximate surface area is 140 Å². The number of nitrogens with two attached hydrogens (primary N) is 1. The van der Waals surface area contributed by atoms with Gasteiger partial charge in [-0.25, -0.2) is 4.39 Å². The number of rotatable bonds is 5. The average molecular weight is 334 g/mol. The van der Waals surface area contributed by atoms with Gasteiger partial charge in [0.1, 0.15) is 5.82 Å². The van der Waals surface area contributed by atoms with Crippen LogP contribution >= 0.6 is 11.3 Å². The molecule has 0 aliphatic carbocycles. The lowest BCUT2D eigenvalue weighted by molar-refractivity contribution is 0.0745. The van der Waals surface area contributed by atoms with E-state index in [9.17, 15) is 9.18 Å². The van der Waals surface area contributed by atoms with Gasteiger partial charge in [0.05, 0.1) is 4.88 Å². The highest BCUT2D eigenvalue weighted by molar-refractivity contribution is 7.17. The molecule has 1 aromatic carbocycles. The normalized spacial score (nSPS) is 11.6. The summed E-state index contributed by atoms with van der Waals surface area (Å²) >= 11 is 1.44. The molecule has 1 amide bonds. The molecule has 1 aromatic heterocycles. The first kappa shape index (κ1) is 17.6. The van der Waals surface area contributed by atoms with Crippen molar-refractivity contribution in [3.63, 3.8) is 0 Å². The van der Waals surface area contributed by atoms with Crippen LogP contribution in [-0.2, 0) is 0 Å².